The number of rotatable bonds is 4. The van der Waals surface area contributed by atoms with Gasteiger partial charge in [0.25, 0.3) is 0 Å². The molecule has 0 N–H and O–H groups in total. The fourth-order valence-corrected chi connectivity index (χ4v) is 1.86. The number of nitrogens with zero attached hydrogens (tertiary/aromatic N) is 1. The van der Waals surface area contributed by atoms with Crippen LogP contribution >= 0.6 is 0 Å². The quantitative estimate of drug-likeness (QED) is 0.777. The molecule has 2 rings (SSSR count). The molecule has 0 saturated carbocycles. The van der Waals surface area contributed by atoms with Crippen LogP contribution in [0.1, 0.15) is 13.8 Å². The summed E-state index contributed by atoms with van der Waals surface area (Å²) in [5, 5.41) is 0. The number of methoxy groups -OCH3 is 1. The molecule has 0 aromatic heterocycles. The molecule has 1 aliphatic rings. The molecule has 0 radical (unpaired) electrons. The van der Waals surface area contributed by atoms with E-state index in [-0.39, 0.29) is 0 Å². The van der Waals surface area contributed by atoms with Crippen molar-refractivity contribution in [1.82, 2.24) is 4.90 Å². The van der Waals surface area contributed by atoms with Crippen LogP contribution in [0.5, 0.6) is 11.5 Å². The topological polar surface area (TPSA) is 21.7 Å². The van der Waals surface area contributed by atoms with Crippen molar-refractivity contribution in [2.24, 2.45) is 0 Å². The van der Waals surface area contributed by atoms with Crippen LogP contribution in [-0.4, -0.2) is 37.2 Å². The highest BCUT2D eigenvalue weighted by Gasteiger charge is 2.30. The Hall–Kier alpha value is -1.22. The summed E-state index contributed by atoms with van der Waals surface area (Å²) in [5.41, 5.74) is 0. The zero-order valence-electron chi connectivity index (χ0n) is 10.1. The molecule has 0 aliphatic carbocycles. The smallest absolute Gasteiger partial charge is 0.161 e. The molecule has 3 nitrogen and oxygen atoms in total. The summed E-state index contributed by atoms with van der Waals surface area (Å²) in [5.74, 6) is 1.66. The van der Waals surface area contributed by atoms with Gasteiger partial charge in [0.2, 0.25) is 0 Å². The van der Waals surface area contributed by atoms with Crippen LogP contribution < -0.4 is 9.47 Å². The fourth-order valence-electron chi connectivity index (χ4n) is 1.86. The van der Waals surface area contributed by atoms with Crippen LogP contribution in [0.25, 0.3) is 0 Å². The van der Waals surface area contributed by atoms with Crippen molar-refractivity contribution in [1.29, 1.82) is 0 Å². The highest BCUT2D eigenvalue weighted by molar-refractivity contribution is 5.39. The maximum atomic E-state index is 5.89. The first kappa shape index (κ1) is 11.3. The van der Waals surface area contributed by atoms with Gasteiger partial charge in [-0.2, -0.15) is 0 Å². The second-order valence-corrected chi connectivity index (χ2v) is 4.44. The van der Waals surface area contributed by atoms with Crippen LogP contribution in [0.15, 0.2) is 24.3 Å². The molecule has 88 valence electrons. The van der Waals surface area contributed by atoms with E-state index in [0.717, 1.165) is 24.6 Å². The van der Waals surface area contributed by atoms with Crippen LogP contribution in [0.3, 0.4) is 0 Å². The van der Waals surface area contributed by atoms with Gasteiger partial charge in [-0.1, -0.05) is 12.1 Å². The molecule has 0 spiro atoms. The summed E-state index contributed by atoms with van der Waals surface area (Å²) in [6.45, 7) is 6.43. The molecular formula is C13H19NO2. The predicted octanol–water partition coefficient (Wildman–Crippen LogP) is 2.17. The van der Waals surface area contributed by atoms with Crippen LogP contribution in [-0.2, 0) is 0 Å². The van der Waals surface area contributed by atoms with Crippen molar-refractivity contribution in [3.63, 3.8) is 0 Å². The van der Waals surface area contributed by atoms with Gasteiger partial charge in [-0.05, 0) is 26.0 Å². The van der Waals surface area contributed by atoms with Gasteiger partial charge in [0.1, 0.15) is 6.10 Å². The minimum Gasteiger partial charge on any atom is -0.493 e. The highest BCUT2D eigenvalue weighted by Crippen LogP contribution is 2.28. The molecular weight excluding hydrogens is 202 g/mol. The molecule has 0 amide bonds. The third kappa shape index (κ3) is 2.30. The molecule has 16 heavy (non-hydrogen) atoms. The van der Waals surface area contributed by atoms with E-state index in [1.165, 1.54) is 0 Å². The first-order chi connectivity index (χ1) is 7.70. The number of hydrogen-bond donors (Lipinski definition) is 0. The molecule has 0 atom stereocenters. The Morgan fingerprint density at radius 1 is 1.19 bits per heavy atom. The lowest BCUT2D eigenvalue weighted by Gasteiger charge is -2.41. The monoisotopic (exact) mass is 221 g/mol. The lowest BCUT2D eigenvalue weighted by atomic mass is 10.1. The summed E-state index contributed by atoms with van der Waals surface area (Å²) < 4.78 is 11.1. The molecule has 1 aliphatic heterocycles. The first-order valence-electron chi connectivity index (χ1n) is 5.74. The number of ether oxygens (including phenoxy) is 2. The van der Waals surface area contributed by atoms with Gasteiger partial charge in [-0.25, -0.2) is 0 Å². The van der Waals surface area contributed by atoms with Crippen molar-refractivity contribution in [2.75, 3.05) is 20.2 Å². The predicted molar refractivity (Wildman–Crippen MR) is 64.1 cm³/mol. The summed E-state index contributed by atoms with van der Waals surface area (Å²) >= 11 is 0. The lowest BCUT2D eigenvalue weighted by molar-refractivity contribution is -0.00107. The largest absolute Gasteiger partial charge is 0.493 e. The summed E-state index contributed by atoms with van der Waals surface area (Å²) in [6, 6.07) is 8.41. The van der Waals surface area contributed by atoms with Crippen molar-refractivity contribution in [3.8, 4) is 11.5 Å². The number of para-hydroxylation sites is 2. The average Bonchev–Trinajstić information content (AvgIpc) is 2.22. The van der Waals surface area contributed by atoms with Crippen LogP contribution in [0, 0.1) is 0 Å². The fraction of sp³-hybridized carbons (Fsp3) is 0.538. The first-order valence-corrected chi connectivity index (χ1v) is 5.74. The van der Waals surface area contributed by atoms with Gasteiger partial charge in [0.15, 0.2) is 11.5 Å². The summed E-state index contributed by atoms with van der Waals surface area (Å²) in [7, 11) is 1.67. The molecule has 0 bridgehead atoms. The standard InChI is InChI=1S/C13H19NO2/c1-10(2)14-8-11(9-14)16-13-7-5-4-6-12(13)15-3/h4-7,10-11H,8-9H2,1-3H3. The van der Waals surface area contributed by atoms with Gasteiger partial charge in [-0.15, -0.1) is 0 Å². The second kappa shape index (κ2) is 4.74. The summed E-state index contributed by atoms with van der Waals surface area (Å²) in [6.07, 6.45) is 0.304. The van der Waals surface area contributed by atoms with E-state index in [2.05, 4.69) is 18.7 Å². The SMILES string of the molecule is COc1ccccc1OC1CN(C(C)C)C1. The van der Waals surface area contributed by atoms with Crippen LogP contribution in [0.4, 0.5) is 0 Å². The van der Waals surface area contributed by atoms with Gasteiger partial charge < -0.3 is 9.47 Å². The molecule has 1 fully saturated rings. The number of benzene rings is 1. The molecule has 3 heteroatoms. The Morgan fingerprint density at radius 3 is 2.38 bits per heavy atom. The lowest BCUT2D eigenvalue weighted by Crippen LogP contribution is -2.56. The van der Waals surface area contributed by atoms with Crippen LogP contribution in [0.2, 0.25) is 0 Å². The Labute approximate surface area is 97.0 Å². The van der Waals surface area contributed by atoms with Gasteiger partial charge in [-0.3, -0.25) is 4.90 Å². The summed E-state index contributed by atoms with van der Waals surface area (Å²) in [4.78, 5) is 2.39. The van der Waals surface area contributed by atoms with E-state index in [1.807, 2.05) is 24.3 Å². The van der Waals surface area contributed by atoms with Crippen molar-refractivity contribution in [2.45, 2.75) is 26.0 Å². The van der Waals surface area contributed by atoms with Gasteiger partial charge in [0.05, 0.1) is 7.11 Å². The maximum Gasteiger partial charge on any atom is 0.161 e. The number of hydrogen-bond acceptors (Lipinski definition) is 3. The Bertz CT molecular complexity index is 346. The van der Waals surface area contributed by atoms with E-state index in [1.54, 1.807) is 7.11 Å². The minimum atomic E-state index is 0.304. The van der Waals surface area contributed by atoms with Gasteiger partial charge in [0, 0.05) is 19.1 Å². The zero-order valence-corrected chi connectivity index (χ0v) is 10.1. The van der Waals surface area contributed by atoms with Gasteiger partial charge >= 0.3 is 0 Å². The average molecular weight is 221 g/mol. The third-order valence-corrected chi connectivity index (χ3v) is 2.97. The normalized spacial score (nSPS) is 17.2. The molecule has 1 heterocycles. The van der Waals surface area contributed by atoms with E-state index < -0.39 is 0 Å². The molecule has 1 saturated heterocycles. The van der Waals surface area contributed by atoms with E-state index in [4.69, 9.17) is 9.47 Å². The van der Waals surface area contributed by atoms with E-state index >= 15 is 0 Å². The molecule has 1 aromatic carbocycles. The van der Waals surface area contributed by atoms with E-state index in [0.29, 0.717) is 12.1 Å². The Kier molecular flexibility index (Phi) is 3.34. The minimum absolute atomic E-state index is 0.304. The number of likely N-dealkylation sites (tertiary alicyclic amines) is 1. The highest BCUT2D eigenvalue weighted by atomic mass is 16.5. The maximum absolute atomic E-state index is 5.89. The van der Waals surface area contributed by atoms with E-state index in [9.17, 15) is 0 Å². The zero-order chi connectivity index (χ0) is 11.5. The Balaban J connectivity index is 1.91. The van der Waals surface area contributed by atoms with Crippen molar-refractivity contribution < 1.29 is 9.47 Å². The van der Waals surface area contributed by atoms with Crippen molar-refractivity contribution >= 4 is 0 Å². The molecule has 0 unspecified atom stereocenters. The molecule has 1 aromatic rings. The third-order valence-electron chi connectivity index (χ3n) is 2.97. The van der Waals surface area contributed by atoms with Crippen molar-refractivity contribution in [3.05, 3.63) is 24.3 Å². The second-order valence-electron chi connectivity index (χ2n) is 4.44. The Morgan fingerprint density at radius 2 is 1.81 bits per heavy atom.